The van der Waals surface area contributed by atoms with Crippen LogP contribution in [0.2, 0.25) is 0 Å². The first-order valence-corrected chi connectivity index (χ1v) is 10.2. The second-order valence-electron chi connectivity index (χ2n) is 7.38. The molecule has 5 nitrogen and oxygen atoms in total. The highest BCUT2D eigenvalue weighted by atomic mass is 19.4. The minimum atomic E-state index is -4.42. The normalized spacial score (nSPS) is 12.1. The predicted octanol–water partition coefficient (Wildman–Crippen LogP) is 4.56. The van der Waals surface area contributed by atoms with Gasteiger partial charge in [0.05, 0.1) is 12.7 Å². The maximum Gasteiger partial charge on any atom is 0.416 e. The molecule has 0 fully saturated rings. The van der Waals surface area contributed by atoms with E-state index in [9.17, 15) is 22.8 Å². The fourth-order valence-corrected chi connectivity index (χ4v) is 3.46. The summed E-state index contributed by atoms with van der Waals surface area (Å²) in [6.07, 6.45) is -4.15. The van der Waals surface area contributed by atoms with Crippen molar-refractivity contribution in [3.8, 4) is 5.75 Å². The van der Waals surface area contributed by atoms with Crippen molar-refractivity contribution in [1.82, 2.24) is 0 Å². The zero-order valence-corrected chi connectivity index (χ0v) is 17.9. The third-order valence-electron chi connectivity index (χ3n) is 5.22. The van der Waals surface area contributed by atoms with Crippen molar-refractivity contribution in [3.05, 3.63) is 95.6 Å². The van der Waals surface area contributed by atoms with Gasteiger partial charge in [-0.3, -0.25) is 9.59 Å². The molecule has 1 unspecified atom stereocenters. The average Bonchev–Trinajstić information content (AvgIpc) is 2.80. The number of anilines is 1. The Balaban J connectivity index is 1.90. The number of halogens is 3. The molecule has 3 rings (SSSR count). The Labute approximate surface area is 189 Å². The minimum absolute atomic E-state index is 0.132. The van der Waals surface area contributed by atoms with Gasteiger partial charge >= 0.3 is 6.18 Å². The van der Waals surface area contributed by atoms with Crippen molar-refractivity contribution in [2.75, 3.05) is 18.6 Å². The molecule has 0 heterocycles. The topological polar surface area (TPSA) is 72.6 Å². The SMILES string of the molecule is COc1ccc(N(CCc2ccc(C(F)(F)F)cc2)C(=O)C(C(N)=O)c2ccccc2)cc1. The zero-order valence-electron chi connectivity index (χ0n) is 17.9. The van der Waals surface area contributed by atoms with Crippen LogP contribution in [-0.2, 0) is 22.2 Å². The summed E-state index contributed by atoms with van der Waals surface area (Å²) < 4.78 is 43.7. The number of nitrogens with two attached hydrogens (primary N) is 1. The quantitative estimate of drug-likeness (QED) is 0.505. The molecule has 0 aromatic heterocycles. The van der Waals surface area contributed by atoms with E-state index >= 15 is 0 Å². The van der Waals surface area contributed by atoms with E-state index in [0.717, 1.165) is 12.1 Å². The van der Waals surface area contributed by atoms with Crippen LogP contribution in [0.15, 0.2) is 78.9 Å². The molecular formula is C25H23F3N2O3. The molecule has 0 saturated heterocycles. The number of nitrogens with zero attached hydrogens (tertiary/aromatic N) is 1. The Morgan fingerprint density at radius 1 is 0.939 bits per heavy atom. The van der Waals surface area contributed by atoms with Gasteiger partial charge in [-0.05, 0) is 53.9 Å². The molecule has 33 heavy (non-hydrogen) atoms. The molecule has 0 aliphatic rings. The van der Waals surface area contributed by atoms with Crippen LogP contribution in [0, 0.1) is 0 Å². The average molecular weight is 456 g/mol. The highest BCUT2D eigenvalue weighted by Gasteiger charge is 2.32. The summed E-state index contributed by atoms with van der Waals surface area (Å²) >= 11 is 0. The second-order valence-corrected chi connectivity index (χ2v) is 7.38. The summed E-state index contributed by atoms with van der Waals surface area (Å²) in [6.45, 7) is 0.132. The predicted molar refractivity (Wildman–Crippen MR) is 119 cm³/mol. The Bertz CT molecular complexity index is 1080. The van der Waals surface area contributed by atoms with Gasteiger partial charge in [0.25, 0.3) is 0 Å². The Morgan fingerprint density at radius 2 is 1.55 bits per heavy atom. The Kier molecular flexibility index (Phi) is 7.37. The van der Waals surface area contributed by atoms with Crippen LogP contribution < -0.4 is 15.4 Å². The van der Waals surface area contributed by atoms with Crippen molar-refractivity contribution >= 4 is 17.5 Å². The summed E-state index contributed by atoms with van der Waals surface area (Å²) in [5.74, 6) is -1.94. The van der Waals surface area contributed by atoms with Crippen molar-refractivity contribution in [2.45, 2.75) is 18.5 Å². The number of primary amides is 1. The second kappa shape index (κ2) is 10.2. The molecule has 8 heteroatoms. The number of carbonyl (C=O) groups excluding carboxylic acids is 2. The zero-order chi connectivity index (χ0) is 24.0. The third-order valence-corrected chi connectivity index (χ3v) is 5.22. The van der Waals surface area contributed by atoms with Crippen LogP contribution in [0.25, 0.3) is 0 Å². The van der Waals surface area contributed by atoms with Gasteiger partial charge in [0.15, 0.2) is 0 Å². The van der Waals surface area contributed by atoms with E-state index in [1.165, 1.54) is 24.1 Å². The van der Waals surface area contributed by atoms with Crippen molar-refractivity contribution < 1.29 is 27.5 Å². The van der Waals surface area contributed by atoms with Crippen LogP contribution in [0.4, 0.5) is 18.9 Å². The fraction of sp³-hybridized carbons (Fsp3) is 0.200. The number of benzene rings is 3. The van der Waals surface area contributed by atoms with E-state index < -0.39 is 29.5 Å². The lowest BCUT2D eigenvalue weighted by molar-refractivity contribution is -0.137. The van der Waals surface area contributed by atoms with Crippen LogP contribution in [-0.4, -0.2) is 25.5 Å². The van der Waals surface area contributed by atoms with Gasteiger partial charge in [-0.2, -0.15) is 13.2 Å². The molecule has 2 amide bonds. The fourth-order valence-electron chi connectivity index (χ4n) is 3.46. The lowest BCUT2D eigenvalue weighted by Crippen LogP contribution is -2.41. The number of amides is 2. The van der Waals surface area contributed by atoms with E-state index in [1.54, 1.807) is 54.6 Å². The lowest BCUT2D eigenvalue weighted by atomic mass is 9.96. The van der Waals surface area contributed by atoms with Crippen molar-refractivity contribution in [3.63, 3.8) is 0 Å². The number of rotatable bonds is 8. The van der Waals surface area contributed by atoms with Crippen LogP contribution >= 0.6 is 0 Å². The first-order chi connectivity index (χ1) is 15.7. The molecule has 0 aliphatic heterocycles. The van der Waals surface area contributed by atoms with E-state index in [4.69, 9.17) is 10.5 Å². The molecule has 0 saturated carbocycles. The first-order valence-electron chi connectivity index (χ1n) is 10.2. The number of carbonyl (C=O) groups is 2. The minimum Gasteiger partial charge on any atom is -0.497 e. The molecule has 0 bridgehead atoms. The number of methoxy groups -OCH3 is 1. The monoisotopic (exact) mass is 456 g/mol. The lowest BCUT2D eigenvalue weighted by Gasteiger charge is -2.27. The van der Waals surface area contributed by atoms with Gasteiger partial charge in [-0.15, -0.1) is 0 Å². The van der Waals surface area contributed by atoms with Gasteiger partial charge in [0.1, 0.15) is 11.7 Å². The summed E-state index contributed by atoms with van der Waals surface area (Å²) in [7, 11) is 1.51. The molecule has 0 aliphatic carbocycles. The number of ether oxygens (including phenoxy) is 1. The maximum atomic E-state index is 13.5. The molecule has 172 valence electrons. The molecular weight excluding hydrogens is 433 g/mol. The van der Waals surface area contributed by atoms with E-state index in [-0.39, 0.29) is 13.0 Å². The highest BCUT2D eigenvalue weighted by Crippen LogP contribution is 2.30. The van der Waals surface area contributed by atoms with Gasteiger partial charge in [0.2, 0.25) is 11.8 Å². The van der Waals surface area contributed by atoms with Crippen LogP contribution in [0.3, 0.4) is 0 Å². The summed E-state index contributed by atoms with van der Waals surface area (Å²) in [6, 6.07) is 19.9. The number of hydrogen-bond donors (Lipinski definition) is 1. The largest absolute Gasteiger partial charge is 0.497 e. The summed E-state index contributed by atoms with van der Waals surface area (Å²) in [5, 5.41) is 0. The molecule has 0 spiro atoms. The maximum absolute atomic E-state index is 13.5. The number of alkyl halides is 3. The molecule has 0 radical (unpaired) electrons. The van der Waals surface area contributed by atoms with Crippen molar-refractivity contribution in [1.29, 1.82) is 0 Å². The molecule has 2 N–H and O–H groups in total. The van der Waals surface area contributed by atoms with E-state index in [2.05, 4.69) is 0 Å². The summed E-state index contributed by atoms with van der Waals surface area (Å²) in [5.41, 5.74) is 6.43. The first kappa shape index (κ1) is 23.8. The molecule has 3 aromatic rings. The number of hydrogen-bond acceptors (Lipinski definition) is 3. The van der Waals surface area contributed by atoms with E-state index in [1.807, 2.05) is 0 Å². The summed E-state index contributed by atoms with van der Waals surface area (Å²) in [4.78, 5) is 27.1. The third kappa shape index (κ3) is 5.91. The van der Waals surface area contributed by atoms with Crippen molar-refractivity contribution in [2.24, 2.45) is 5.73 Å². The van der Waals surface area contributed by atoms with Gasteiger partial charge in [-0.1, -0.05) is 42.5 Å². The van der Waals surface area contributed by atoms with Gasteiger partial charge in [0, 0.05) is 12.2 Å². The Morgan fingerprint density at radius 3 is 2.06 bits per heavy atom. The smallest absolute Gasteiger partial charge is 0.416 e. The Hall–Kier alpha value is -3.81. The van der Waals surface area contributed by atoms with Gasteiger partial charge in [-0.25, -0.2) is 0 Å². The highest BCUT2D eigenvalue weighted by molar-refractivity contribution is 6.11. The van der Waals surface area contributed by atoms with Crippen LogP contribution in [0.5, 0.6) is 5.75 Å². The van der Waals surface area contributed by atoms with Gasteiger partial charge < -0.3 is 15.4 Å². The standard InChI is InChI=1S/C25H23F3N2O3/c1-33-21-13-11-20(12-14-21)30(16-15-17-7-9-19(10-8-17)25(26,27)28)24(32)22(23(29)31)18-5-3-2-4-6-18/h2-14,22H,15-16H2,1H3,(H2,29,31). The molecule has 3 aromatic carbocycles. The van der Waals surface area contributed by atoms with Crippen LogP contribution in [0.1, 0.15) is 22.6 Å². The molecule has 1 atom stereocenters. The van der Waals surface area contributed by atoms with E-state index in [0.29, 0.717) is 22.6 Å².